The van der Waals surface area contributed by atoms with Crippen LogP contribution in [0.4, 0.5) is 0 Å². The van der Waals surface area contributed by atoms with Crippen molar-refractivity contribution in [2.45, 2.75) is 38.7 Å². The van der Waals surface area contributed by atoms with Gasteiger partial charge in [0.05, 0.1) is 24.5 Å². The van der Waals surface area contributed by atoms with Gasteiger partial charge in [-0.1, -0.05) is 50.3 Å². The molecule has 2 amide bonds. The third-order valence-electron chi connectivity index (χ3n) is 4.94. The van der Waals surface area contributed by atoms with Gasteiger partial charge in [0.25, 0.3) is 0 Å². The molecule has 1 heterocycles. The first kappa shape index (κ1) is 15.9. The number of imide groups is 1. The summed E-state index contributed by atoms with van der Waals surface area (Å²) in [5, 5.41) is 10.4. The van der Waals surface area contributed by atoms with Crippen LogP contribution in [0.5, 0.6) is 0 Å². The van der Waals surface area contributed by atoms with E-state index in [1.54, 1.807) is 0 Å². The van der Waals surface area contributed by atoms with E-state index in [-0.39, 0.29) is 30.2 Å². The van der Waals surface area contributed by atoms with Crippen molar-refractivity contribution in [3.05, 3.63) is 47.5 Å². The number of nitrogens with zero attached hydrogens (tertiary/aromatic N) is 1. The number of likely N-dealkylation sites (tertiary alicyclic amines) is 1. The first-order valence-corrected chi connectivity index (χ1v) is 8.27. The number of rotatable bonds is 4. The number of benzene rings is 1. The third kappa shape index (κ3) is 2.95. The quantitative estimate of drug-likeness (QED) is 0.687. The fraction of sp³-hybridized carbons (Fsp3) is 0.474. The fourth-order valence-electron chi connectivity index (χ4n) is 3.43. The lowest BCUT2D eigenvalue weighted by Crippen LogP contribution is -2.35. The minimum atomic E-state index is -0.836. The summed E-state index contributed by atoms with van der Waals surface area (Å²) in [6.07, 6.45) is 4.36. The van der Waals surface area contributed by atoms with Crippen LogP contribution in [0.2, 0.25) is 0 Å². The van der Waals surface area contributed by atoms with E-state index in [9.17, 15) is 14.7 Å². The highest BCUT2D eigenvalue weighted by molar-refractivity contribution is 6.05. The Bertz CT molecular complexity index is 607. The smallest absolute Gasteiger partial charge is 0.233 e. The van der Waals surface area contributed by atoms with Crippen molar-refractivity contribution in [1.82, 2.24) is 4.90 Å². The zero-order valence-electron chi connectivity index (χ0n) is 13.6. The molecule has 1 N–H and O–H groups in total. The number of hydrogen-bond donors (Lipinski definition) is 1. The average Bonchev–Trinajstić information content (AvgIpc) is 2.80. The van der Waals surface area contributed by atoms with Gasteiger partial charge in [0.15, 0.2) is 0 Å². The molecule has 122 valence electrons. The molecule has 0 bridgehead atoms. The number of aliphatic hydroxyl groups is 1. The summed E-state index contributed by atoms with van der Waals surface area (Å²) < 4.78 is 0. The van der Waals surface area contributed by atoms with Crippen LogP contribution in [0.3, 0.4) is 0 Å². The Morgan fingerprint density at radius 2 is 1.48 bits per heavy atom. The molecule has 3 unspecified atom stereocenters. The lowest BCUT2D eigenvalue weighted by atomic mass is 9.85. The molecule has 1 aliphatic carbocycles. The molecule has 3 rings (SSSR count). The molecule has 1 saturated heterocycles. The van der Waals surface area contributed by atoms with Crippen LogP contribution in [-0.4, -0.2) is 28.4 Å². The predicted octanol–water partition coefficient (Wildman–Crippen LogP) is 2.79. The molecule has 23 heavy (non-hydrogen) atoms. The van der Waals surface area contributed by atoms with Crippen LogP contribution < -0.4 is 0 Å². The zero-order valence-corrected chi connectivity index (χ0v) is 13.6. The molecule has 3 atom stereocenters. The zero-order chi connectivity index (χ0) is 16.6. The predicted molar refractivity (Wildman–Crippen MR) is 87.6 cm³/mol. The van der Waals surface area contributed by atoms with Gasteiger partial charge in [-0.05, 0) is 29.9 Å². The first-order chi connectivity index (χ1) is 11.0. The molecule has 2 aliphatic rings. The van der Waals surface area contributed by atoms with Crippen LogP contribution in [0.1, 0.15) is 49.8 Å². The maximum atomic E-state index is 12.4. The second-order valence-corrected chi connectivity index (χ2v) is 6.78. The maximum absolute atomic E-state index is 12.4. The summed E-state index contributed by atoms with van der Waals surface area (Å²) in [5.74, 6) is -0.311. The standard InChI is InChI=1S/C19H23NO3/c1-12(2)13-7-9-14(10-8-13)17(21)11-20-18(22)15-5-3-4-6-16(15)19(20)23/h3-4,7-10,12,15-17,21H,5-6,11H2,1-2H3. The maximum Gasteiger partial charge on any atom is 0.233 e. The van der Waals surface area contributed by atoms with Gasteiger partial charge in [-0.3, -0.25) is 14.5 Å². The Kier molecular flexibility index (Phi) is 4.35. The van der Waals surface area contributed by atoms with Crippen LogP contribution in [0, 0.1) is 11.8 Å². The van der Waals surface area contributed by atoms with E-state index in [1.807, 2.05) is 36.4 Å². The lowest BCUT2D eigenvalue weighted by Gasteiger charge is -2.20. The van der Waals surface area contributed by atoms with Crippen molar-refractivity contribution in [3.8, 4) is 0 Å². The molecular weight excluding hydrogens is 290 g/mol. The topological polar surface area (TPSA) is 57.6 Å². The van der Waals surface area contributed by atoms with E-state index in [2.05, 4.69) is 13.8 Å². The van der Waals surface area contributed by atoms with Crippen molar-refractivity contribution in [3.63, 3.8) is 0 Å². The summed E-state index contributed by atoms with van der Waals surface area (Å²) in [6.45, 7) is 4.28. The normalized spacial score (nSPS) is 25.1. The number of carbonyl (C=O) groups is 2. The second-order valence-electron chi connectivity index (χ2n) is 6.78. The molecule has 1 aromatic rings. The van der Waals surface area contributed by atoms with Crippen molar-refractivity contribution in [2.24, 2.45) is 11.8 Å². The van der Waals surface area contributed by atoms with Crippen LogP contribution in [-0.2, 0) is 9.59 Å². The fourth-order valence-corrected chi connectivity index (χ4v) is 3.43. The molecule has 4 heteroatoms. The summed E-state index contributed by atoms with van der Waals surface area (Å²) in [5.41, 5.74) is 1.94. The number of aliphatic hydroxyl groups excluding tert-OH is 1. The van der Waals surface area contributed by atoms with E-state index in [0.717, 1.165) is 5.56 Å². The van der Waals surface area contributed by atoms with Gasteiger partial charge in [0.1, 0.15) is 0 Å². The Hall–Kier alpha value is -1.94. The third-order valence-corrected chi connectivity index (χ3v) is 4.94. The van der Waals surface area contributed by atoms with Gasteiger partial charge in [-0.2, -0.15) is 0 Å². The van der Waals surface area contributed by atoms with Crippen molar-refractivity contribution in [1.29, 1.82) is 0 Å². The van der Waals surface area contributed by atoms with E-state index in [0.29, 0.717) is 18.8 Å². The molecular formula is C19H23NO3. The molecule has 1 fully saturated rings. The number of β-amino-alcohol motifs (C(OH)–C–C–N with tert-alkyl or cyclic N) is 1. The highest BCUT2D eigenvalue weighted by Crippen LogP contribution is 2.35. The Labute approximate surface area is 136 Å². The number of allylic oxidation sites excluding steroid dienone is 2. The summed E-state index contributed by atoms with van der Waals surface area (Å²) >= 11 is 0. The van der Waals surface area contributed by atoms with Crippen LogP contribution in [0.25, 0.3) is 0 Å². The monoisotopic (exact) mass is 313 g/mol. The SMILES string of the molecule is CC(C)c1ccc(C(O)CN2C(=O)C3CC=CCC3C2=O)cc1. The summed E-state index contributed by atoms with van der Waals surface area (Å²) in [6, 6.07) is 7.72. The minimum Gasteiger partial charge on any atom is -0.387 e. The van der Waals surface area contributed by atoms with Gasteiger partial charge in [-0.15, -0.1) is 0 Å². The van der Waals surface area contributed by atoms with Crippen molar-refractivity contribution in [2.75, 3.05) is 6.54 Å². The van der Waals surface area contributed by atoms with Gasteiger partial charge in [0, 0.05) is 0 Å². The molecule has 4 nitrogen and oxygen atoms in total. The molecule has 0 radical (unpaired) electrons. The highest BCUT2D eigenvalue weighted by Gasteiger charge is 2.47. The number of carbonyl (C=O) groups excluding carboxylic acids is 2. The Morgan fingerprint density at radius 3 is 1.96 bits per heavy atom. The van der Waals surface area contributed by atoms with Crippen LogP contribution in [0.15, 0.2) is 36.4 Å². The average molecular weight is 313 g/mol. The Balaban J connectivity index is 1.71. The van der Waals surface area contributed by atoms with E-state index < -0.39 is 6.10 Å². The highest BCUT2D eigenvalue weighted by atomic mass is 16.3. The summed E-state index contributed by atoms with van der Waals surface area (Å²) in [4.78, 5) is 26.1. The first-order valence-electron chi connectivity index (χ1n) is 8.27. The molecule has 0 saturated carbocycles. The van der Waals surface area contributed by atoms with Gasteiger partial charge < -0.3 is 5.11 Å². The molecule has 0 aromatic heterocycles. The van der Waals surface area contributed by atoms with Gasteiger partial charge >= 0.3 is 0 Å². The number of amides is 2. The van der Waals surface area contributed by atoms with Crippen molar-refractivity contribution < 1.29 is 14.7 Å². The van der Waals surface area contributed by atoms with Gasteiger partial charge in [0.2, 0.25) is 11.8 Å². The summed E-state index contributed by atoms with van der Waals surface area (Å²) in [7, 11) is 0. The molecule has 1 aliphatic heterocycles. The minimum absolute atomic E-state index is 0.0473. The lowest BCUT2D eigenvalue weighted by molar-refractivity contribution is -0.141. The van der Waals surface area contributed by atoms with Gasteiger partial charge in [-0.25, -0.2) is 0 Å². The van der Waals surface area contributed by atoms with E-state index in [4.69, 9.17) is 0 Å². The molecule has 1 aromatic carbocycles. The molecule has 0 spiro atoms. The van der Waals surface area contributed by atoms with E-state index in [1.165, 1.54) is 10.5 Å². The second kappa shape index (κ2) is 6.28. The largest absolute Gasteiger partial charge is 0.387 e. The Morgan fingerprint density at radius 1 is 1.00 bits per heavy atom. The van der Waals surface area contributed by atoms with Crippen molar-refractivity contribution >= 4 is 11.8 Å². The van der Waals surface area contributed by atoms with Crippen LogP contribution >= 0.6 is 0 Å². The number of fused-ring (bicyclic) bond motifs is 1. The van der Waals surface area contributed by atoms with E-state index >= 15 is 0 Å². The number of hydrogen-bond acceptors (Lipinski definition) is 3.